The predicted octanol–water partition coefficient (Wildman–Crippen LogP) is -0.0419. The van der Waals surface area contributed by atoms with Gasteiger partial charge in [0, 0.05) is 13.1 Å². The van der Waals surface area contributed by atoms with E-state index < -0.39 is 6.09 Å². The summed E-state index contributed by atoms with van der Waals surface area (Å²) in [5.74, 6) is 0.632. The number of hydrogen-bond acceptors (Lipinski definition) is 2. The minimum Gasteiger partial charge on any atom is -0.465 e. The van der Waals surface area contributed by atoms with Crippen molar-refractivity contribution in [1.29, 1.82) is 0 Å². The van der Waals surface area contributed by atoms with E-state index >= 15 is 0 Å². The highest BCUT2D eigenvalue weighted by atomic mass is 16.4. The van der Waals surface area contributed by atoms with Crippen LogP contribution in [0.1, 0.15) is 6.42 Å². The normalized spacial score (nSPS) is 35.8. The van der Waals surface area contributed by atoms with Crippen LogP contribution in [0, 0.1) is 5.92 Å². The summed E-state index contributed by atoms with van der Waals surface area (Å²) in [7, 11) is 0. The lowest BCUT2D eigenvalue weighted by Crippen LogP contribution is -2.64. The highest BCUT2D eigenvalue weighted by Gasteiger charge is 2.42. The largest absolute Gasteiger partial charge is 0.465 e. The Morgan fingerprint density at radius 2 is 2.45 bits per heavy atom. The summed E-state index contributed by atoms with van der Waals surface area (Å²) >= 11 is 0. The minimum absolute atomic E-state index is 0.265. The number of carbonyl (C=O) groups is 1. The van der Waals surface area contributed by atoms with Crippen LogP contribution >= 0.6 is 0 Å². The Morgan fingerprint density at radius 3 is 3.09 bits per heavy atom. The molecule has 0 radical (unpaired) electrons. The fourth-order valence-corrected chi connectivity index (χ4v) is 1.94. The molecule has 0 aliphatic carbocycles. The first-order chi connectivity index (χ1) is 5.29. The molecule has 2 N–H and O–H groups in total. The molecule has 2 saturated heterocycles. The third kappa shape index (κ3) is 0.976. The van der Waals surface area contributed by atoms with Crippen LogP contribution in [0.25, 0.3) is 0 Å². The maximum atomic E-state index is 10.5. The lowest BCUT2D eigenvalue weighted by Gasteiger charge is -2.49. The summed E-state index contributed by atoms with van der Waals surface area (Å²) in [5.41, 5.74) is 0. The van der Waals surface area contributed by atoms with Crippen LogP contribution in [0.2, 0.25) is 0 Å². The molecular formula is C7H12N2O2. The topological polar surface area (TPSA) is 52.6 Å². The van der Waals surface area contributed by atoms with Crippen molar-refractivity contribution in [3.63, 3.8) is 0 Å². The van der Waals surface area contributed by atoms with Gasteiger partial charge in [-0.1, -0.05) is 0 Å². The van der Waals surface area contributed by atoms with Gasteiger partial charge in [0.25, 0.3) is 0 Å². The number of nitrogens with zero attached hydrogens (tertiary/aromatic N) is 1. The van der Waals surface area contributed by atoms with Crippen LogP contribution in [-0.2, 0) is 0 Å². The zero-order chi connectivity index (χ0) is 7.84. The Labute approximate surface area is 65.2 Å². The van der Waals surface area contributed by atoms with Crippen LogP contribution in [0.4, 0.5) is 4.79 Å². The second-order valence-electron chi connectivity index (χ2n) is 3.26. The van der Waals surface area contributed by atoms with E-state index in [0.717, 1.165) is 26.1 Å². The lowest BCUT2D eigenvalue weighted by atomic mass is 9.84. The van der Waals surface area contributed by atoms with Crippen molar-refractivity contribution < 1.29 is 9.90 Å². The monoisotopic (exact) mass is 156 g/mol. The summed E-state index contributed by atoms with van der Waals surface area (Å²) in [5, 5.41) is 11.9. The van der Waals surface area contributed by atoms with Crippen LogP contribution < -0.4 is 5.32 Å². The zero-order valence-electron chi connectivity index (χ0n) is 6.29. The smallest absolute Gasteiger partial charge is 0.407 e. The number of nitrogens with one attached hydrogen (secondary N) is 1. The van der Waals surface area contributed by atoms with Gasteiger partial charge in [0.1, 0.15) is 0 Å². The standard InChI is InChI=1S/C7H12N2O2/c10-7(11)9-4-5-1-2-8-3-6(5)9/h5-6,8H,1-4H2,(H,10,11)/t5-,6-/m0/s1. The van der Waals surface area contributed by atoms with Gasteiger partial charge < -0.3 is 15.3 Å². The summed E-state index contributed by atoms with van der Waals surface area (Å²) in [6.45, 7) is 2.65. The van der Waals surface area contributed by atoms with E-state index in [1.807, 2.05) is 0 Å². The van der Waals surface area contributed by atoms with Crippen LogP contribution in [0.3, 0.4) is 0 Å². The molecule has 0 unspecified atom stereocenters. The second-order valence-corrected chi connectivity index (χ2v) is 3.26. The maximum absolute atomic E-state index is 10.5. The van der Waals surface area contributed by atoms with Crippen molar-refractivity contribution in [2.75, 3.05) is 19.6 Å². The summed E-state index contributed by atoms with van der Waals surface area (Å²) in [6, 6.07) is 0.265. The molecule has 0 aromatic heterocycles. The van der Waals surface area contributed by atoms with Crippen LogP contribution in [0.5, 0.6) is 0 Å². The molecule has 0 aromatic rings. The minimum atomic E-state index is -0.769. The number of carboxylic acid groups (broad SMARTS) is 1. The molecule has 2 atom stereocenters. The molecule has 11 heavy (non-hydrogen) atoms. The molecule has 2 fully saturated rings. The number of likely N-dealkylation sites (tertiary alicyclic amines) is 1. The molecule has 1 amide bonds. The highest BCUT2D eigenvalue weighted by Crippen LogP contribution is 2.29. The molecule has 0 aromatic carbocycles. The maximum Gasteiger partial charge on any atom is 0.407 e. The molecule has 2 aliphatic rings. The Kier molecular flexibility index (Phi) is 1.49. The number of amides is 1. The van der Waals surface area contributed by atoms with Gasteiger partial charge in [0.2, 0.25) is 0 Å². The van der Waals surface area contributed by atoms with E-state index in [2.05, 4.69) is 5.32 Å². The van der Waals surface area contributed by atoms with Gasteiger partial charge in [-0.25, -0.2) is 4.79 Å². The Bertz CT molecular complexity index is 183. The average molecular weight is 156 g/mol. The number of piperidine rings is 1. The number of hydrogen-bond donors (Lipinski definition) is 2. The Hall–Kier alpha value is -0.770. The summed E-state index contributed by atoms with van der Waals surface area (Å²) in [6.07, 6.45) is 0.365. The SMILES string of the molecule is O=C(O)N1C[C@@H]2CCNC[C@@H]21. The predicted molar refractivity (Wildman–Crippen MR) is 39.5 cm³/mol. The third-order valence-electron chi connectivity index (χ3n) is 2.67. The van der Waals surface area contributed by atoms with Gasteiger partial charge in [-0.05, 0) is 18.9 Å². The molecule has 62 valence electrons. The van der Waals surface area contributed by atoms with E-state index in [1.54, 1.807) is 0 Å². The molecule has 4 heteroatoms. The van der Waals surface area contributed by atoms with E-state index in [4.69, 9.17) is 5.11 Å². The van der Waals surface area contributed by atoms with E-state index in [1.165, 1.54) is 4.90 Å². The first kappa shape index (κ1) is 6.91. The number of rotatable bonds is 0. The Morgan fingerprint density at radius 1 is 1.64 bits per heavy atom. The van der Waals surface area contributed by atoms with Crippen LogP contribution in [-0.4, -0.2) is 41.8 Å². The van der Waals surface area contributed by atoms with Gasteiger partial charge in [-0.2, -0.15) is 0 Å². The fourth-order valence-electron chi connectivity index (χ4n) is 1.94. The molecule has 0 spiro atoms. The molecular weight excluding hydrogens is 144 g/mol. The van der Waals surface area contributed by atoms with E-state index in [-0.39, 0.29) is 6.04 Å². The van der Waals surface area contributed by atoms with Crippen molar-refractivity contribution >= 4 is 6.09 Å². The van der Waals surface area contributed by atoms with Gasteiger partial charge in [-0.3, -0.25) is 0 Å². The summed E-state index contributed by atoms with van der Waals surface area (Å²) < 4.78 is 0. The quantitative estimate of drug-likeness (QED) is 0.517. The highest BCUT2D eigenvalue weighted by molar-refractivity contribution is 5.66. The second kappa shape index (κ2) is 2.37. The van der Waals surface area contributed by atoms with Gasteiger partial charge in [0.15, 0.2) is 0 Å². The molecule has 4 nitrogen and oxygen atoms in total. The van der Waals surface area contributed by atoms with Gasteiger partial charge in [0.05, 0.1) is 6.04 Å². The zero-order valence-corrected chi connectivity index (χ0v) is 6.29. The van der Waals surface area contributed by atoms with Crippen molar-refractivity contribution in [3.05, 3.63) is 0 Å². The summed E-state index contributed by atoms with van der Waals surface area (Å²) in [4.78, 5) is 12.1. The van der Waals surface area contributed by atoms with Crippen molar-refractivity contribution in [2.45, 2.75) is 12.5 Å². The van der Waals surface area contributed by atoms with Gasteiger partial charge >= 0.3 is 6.09 Å². The average Bonchev–Trinajstić information content (AvgIpc) is 1.90. The van der Waals surface area contributed by atoms with Crippen molar-refractivity contribution in [3.8, 4) is 0 Å². The van der Waals surface area contributed by atoms with Crippen LogP contribution in [0.15, 0.2) is 0 Å². The molecule has 0 saturated carbocycles. The van der Waals surface area contributed by atoms with Crippen molar-refractivity contribution in [2.24, 2.45) is 5.92 Å². The van der Waals surface area contributed by atoms with E-state index in [0.29, 0.717) is 5.92 Å². The molecule has 2 rings (SSSR count). The Balaban J connectivity index is 1.96. The first-order valence-corrected chi connectivity index (χ1v) is 3.99. The number of fused-ring (bicyclic) bond motifs is 1. The molecule has 2 aliphatic heterocycles. The van der Waals surface area contributed by atoms with Crippen molar-refractivity contribution in [1.82, 2.24) is 10.2 Å². The molecule has 2 heterocycles. The third-order valence-corrected chi connectivity index (χ3v) is 2.67. The van der Waals surface area contributed by atoms with Gasteiger partial charge in [-0.15, -0.1) is 0 Å². The molecule has 0 bridgehead atoms. The fraction of sp³-hybridized carbons (Fsp3) is 0.857. The van der Waals surface area contributed by atoms with E-state index in [9.17, 15) is 4.79 Å². The lowest BCUT2D eigenvalue weighted by molar-refractivity contribution is 0.00700. The first-order valence-electron chi connectivity index (χ1n) is 3.99.